The zero-order chi connectivity index (χ0) is 20.5. The summed E-state index contributed by atoms with van der Waals surface area (Å²) >= 11 is 6.13. The third kappa shape index (κ3) is 3.29. The lowest BCUT2D eigenvalue weighted by Crippen LogP contribution is -2.31. The molecular formula is C25H20ClN3O. The van der Waals surface area contributed by atoms with E-state index in [1.807, 2.05) is 77.7 Å². The summed E-state index contributed by atoms with van der Waals surface area (Å²) < 4.78 is 0. The van der Waals surface area contributed by atoms with Crippen LogP contribution in [0, 0.1) is 0 Å². The van der Waals surface area contributed by atoms with Crippen LogP contribution in [0.4, 0.5) is 0 Å². The zero-order valence-corrected chi connectivity index (χ0v) is 17.0. The monoisotopic (exact) mass is 413 g/mol. The summed E-state index contributed by atoms with van der Waals surface area (Å²) in [5.41, 5.74) is 5.55. The molecule has 4 aromatic rings. The Morgan fingerprint density at radius 2 is 1.57 bits per heavy atom. The van der Waals surface area contributed by atoms with Crippen molar-refractivity contribution < 1.29 is 4.79 Å². The molecule has 1 aromatic heterocycles. The molecule has 2 heterocycles. The Kier molecular flexibility index (Phi) is 4.85. The fourth-order valence-electron chi connectivity index (χ4n) is 4.13. The molecule has 4 nitrogen and oxygen atoms in total. The van der Waals surface area contributed by atoms with E-state index >= 15 is 0 Å². The van der Waals surface area contributed by atoms with E-state index in [9.17, 15) is 4.79 Å². The summed E-state index contributed by atoms with van der Waals surface area (Å²) in [5.74, 6) is -0.0180. The summed E-state index contributed by atoms with van der Waals surface area (Å²) in [5, 5.41) is 8.19. The Morgan fingerprint density at radius 3 is 2.27 bits per heavy atom. The molecule has 1 aliphatic rings. The number of aromatic nitrogens is 2. The quantitative estimate of drug-likeness (QED) is 0.468. The van der Waals surface area contributed by atoms with Crippen molar-refractivity contribution in [1.82, 2.24) is 15.1 Å². The molecule has 1 aliphatic heterocycles. The van der Waals surface area contributed by atoms with E-state index in [4.69, 9.17) is 11.6 Å². The molecule has 0 radical (unpaired) electrons. The van der Waals surface area contributed by atoms with Crippen molar-refractivity contribution in [3.05, 3.63) is 112 Å². The summed E-state index contributed by atoms with van der Waals surface area (Å²) in [7, 11) is 0. The van der Waals surface area contributed by atoms with Gasteiger partial charge in [0.05, 0.1) is 11.7 Å². The number of rotatable bonds is 5. The van der Waals surface area contributed by atoms with Crippen LogP contribution in [-0.4, -0.2) is 27.5 Å². The van der Waals surface area contributed by atoms with Gasteiger partial charge in [0.1, 0.15) is 5.69 Å². The number of fused-ring (bicyclic) bond motifs is 1. The number of aromatic amines is 1. The summed E-state index contributed by atoms with van der Waals surface area (Å²) in [4.78, 5) is 15.3. The van der Waals surface area contributed by atoms with Gasteiger partial charge in [0.2, 0.25) is 0 Å². The second kappa shape index (κ2) is 7.81. The molecule has 148 valence electrons. The van der Waals surface area contributed by atoms with E-state index in [1.165, 1.54) is 5.56 Å². The van der Waals surface area contributed by atoms with Gasteiger partial charge in [-0.05, 0) is 29.7 Å². The van der Waals surface area contributed by atoms with Gasteiger partial charge in [0.25, 0.3) is 5.91 Å². The number of benzene rings is 3. The SMILES string of the molecule is O=C1c2[nH]nc(-c3ccccc3)c2C(c2ccc(Cl)cc2)N1CCc1ccccc1. The first-order valence-corrected chi connectivity index (χ1v) is 10.3. The van der Waals surface area contributed by atoms with Crippen molar-refractivity contribution in [3.63, 3.8) is 0 Å². The average molecular weight is 414 g/mol. The number of H-pyrrole nitrogens is 1. The lowest BCUT2D eigenvalue weighted by Gasteiger charge is -2.26. The molecule has 0 spiro atoms. The minimum absolute atomic E-state index is 0.0180. The molecule has 3 aromatic carbocycles. The molecule has 0 bridgehead atoms. The highest BCUT2D eigenvalue weighted by atomic mass is 35.5. The molecule has 0 saturated heterocycles. The van der Waals surface area contributed by atoms with Gasteiger partial charge in [-0.1, -0.05) is 84.4 Å². The second-order valence-corrected chi connectivity index (χ2v) is 7.85. The van der Waals surface area contributed by atoms with Crippen LogP contribution in [0.15, 0.2) is 84.9 Å². The molecule has 1 unspecified atom stereocenters. The molecule has 1 N–H and O–H groups in total. The molecule has 5 heteroatoms. The van der Waals surface area contributed by atoms with Crippen LogP contribution in [0.25, 0.3) is 11.3 Å². The Morgan fingerprint density at radius 1 is 0.900 bits per heavy atom. The fourth-order valence-corrected chi connectivity index (χ4v) is 4.26. The molecule has 1 atom stereocenters. The van der Waals surface area contributed by atoms with Crippen LogP contribution in [0.2, 0.25) is 5.02 Å². The molecule has 0 fully saturated rings. The Hall–Kier alpha value is -3.37. The predicted molar refractivity (Wildman–Crippen MR) is 119 cm³/mol. The van der Waals surface area contributed by atoms with Gasteiger partial charge in [-0.2, -0.15) is 5.10 Å². The van der Waals surface area contributed by atoms with Crippen LogP contribution in [0.3, 0.4) is 0 Å². The van der Waals surface area contributed by atoms with E-state index in [0.717, 1.165) is 28.8 Å². The van der Waals surface area contributed by atoms with Crippen molar-refractivity contribution in [2.75, 3.05) is 6.54 Å². The largest absolute Gasteiger partial charge is 0.326 e. The van der Waals surface area contributed by atoms with Crippen LogP contribution >= 0.6 is 11.6 Å². The molecule has 30 heavy (non-hydrogen) atoms. The van der Waals surface area contributed by atoms with Crippen molar-refractivity contribution in [2.24, 2.45) is 0 Å². The zero-order valence-electron chi connectivity index (χ0n) is 16.3. The van der Waals surface area contributed by atoms with E-state index in [2.05, 4.69) is 22.3 Å². The number of carbonyl (C=O) groups excluding carboxylic acids is 1. The topological polar surface area (TPSA) is 49.0 Å². The number of nitrogens with one attached hydrogen (secondary N) is 1. The molecule has 0 aliphatic carbocycles. The number of hydrogen-bond acceptors (Lipinski definition) is 2. The first-order chi connectivity index (χ1) is 14.7. The number of carbonyl (C=O) groups is 1. The number of halogens is 1. The first-order valence-electron chi connectivity index (χ1n) is 9.96. The molecule has 1 amide bonds. The Bertz CT molecular complexity index is 1170. The average Bonchev–Trinajstić information content (AvgIpc) is 3.33. The maximum atomic E-state index is 13.3. The van der Waals surface area contributed by atoms with Crippen molar-refractivity contribution >= 4 is 17.5 Å². The summed E-state index contributed by atoms with van der Waals surface area (Å²) in [6, 6.07) is 27.7. The van der Waals surface area contributed by atoms with Crippen LogP contribution < -0.4 is 0 Å². The third-order valence-electron chi connectivity index (χ3n) is 5.58. The van der Waals surface area contributed by atoms with E-state index in [0.29, 0.717) is 17.3 Å². The predicted octanol–water partition coefficient (Wildman–Crippen LogP) is 5.52. The maximum absolute atomic E-state index is 13.3. The van der Waals surface area contributed by atoms with Gasteiger partial charge in [0, 0.05) is 22.7 Å². The van der Waals surface area contributed by atoms with Crippen LogP contribution in [0.1, 0.15) is 33.2 Å². The Labute approximate surface area is 180 Å². The van der Waals surface area contributed by atoms with Gasteiger partial charge in [-0.15, -0.1) is 0 Å². The van der Waals surface area contributed by atoms with Crippen LogP contribution in [-0.2, 0) is 6.42 Å². The second-order valence-electron chi connectivity index (χ2n) is 7.42. The van der Waals surface area contributed by atoms with Crippen molar-refractivity contribution in [1.29, 1.82) is 0 Å². The standard InChI is InChI=1S/C25H20ClN3O/c26-20-13-11-19(12-14-20)24-21-22(18-9-5-2-6-10-18)27-28-23(21)25(30)29(24)16-15-17-7-3-1-4-8-17/h1-14,24H,15-16H2,(H,27,28). The van der Waals surface area contributed by atoms with Crippen molar-refractivity contribution in [2.45, 2.75) is 12.5 Å². The highest BCUT2D eigenvalue weighted by Crippen LogP contribution is 2.42. The lowest BCUT2D eigenvalue weighted by atomic mass is 9.96. The van der Waals surface area contributed by atoms with E-state index in [1.54, 1.807) is 0 Å². The molecular weight excluding hydrogens is 394 g/mol. The minimum atomic E-state index is -0.206. The van der Waals surface area contributed by atoms with Gasteiger partial charge in [-0.3, -0.25) is 9.89 Å². The van der Waals surface area contributed by atoms with Crippen molar-refractivity contribution in [3.8, 4) is 11.3 Å². The van der Waals surface area contributed by atoms with E-state index < -0.39 is 0 Å². The smallest absolute Gasteiger partial charge is 0.273 e. The summed E-state index contributed by atoms with van der Waals surface area (Å²) in [6.07, 6.45) is 0.787. The number of hydrogen-bond donors (Lipinski definition) is 1. The van der Waals surface area contributed by atoms with Gasteiger partial charge >= 0.3 is 0 Å². The first kappa shape index (κ1) is 18.6. The van der Waals surface area contributed by atoms with Gasteiger partial charge in [-0.25, -0.2) is 0 Å². The normalized spacial score (nSPS) is 15.4. The number of amides is 1. The Balaban J connectivity index is 1.57. The maximum Gasteiger partial charge on any atom is 0.273 e. The van der Waals surface area contributed by atoms with E-state index in [-0.39, 0.29) is 11.9 Å². The minimum Gasteiger partial charge on any atom is -0.326 e. The highest BCUT2D eigenvalue weighted by Gasteiger charge is 2.41. The lowest BCUT2D eigenvalue weighted by molar-refractivity contribution is 0.0746. The van der Waals surface area contributed by atoms with Gasteiger partial charge < -0.3 is 4.90 Å². The summed E-state index contributed by atoms with van der Waals surface area (Å²) in [6.45, 7) is 0.618. The highest BCUT2D eigenvalue weighted by molar-refractivity contribution is 6.30. The molecule has 0 saturated carbocycles. The van der Waals surface area contributed by atoms with Crippen LogP contribution in [0.5, 0.6) is 0 Å². The molecule has 5 rings (SSSR count). The third-order valence-corrected chi connectivity index (χ3v) is 5.83. The van der Waals surface area contributed by atoms with Gasteiger partial charge in [0.15, 0.2) is 0 Å². The fraction of sp³-hybridized carbons (Fsp3) is 0.120. The number of nitrogens with zero attached hydrogens (tertiary/aromatic N) is 2.